The second-order valence-corrected chi connectivity index (χ2v) is 7.94. The van der Waals surface area contributed by atoms with Gasteiger partial charge in [-0.1, -0.05) is 23.7 Å². The number of hydrogen-bond acceptors (Lipinski definition) is 4. The number of ketones is 1. The molecule has 156 valence electrons. The molecule has 1 N–H and O–H groups in total. The number of halogens is 1. The summed E-state index contributed by atoms with van der Waals surface area (Å²) in [7, 11) is 0. The van der Waals surface area contributed by atoms with Crippen molar-refractivity contribution in [3.63, 3.8) is 0 Å². The topological polar surface area (TPSA) is 57.6 Å². The second kappa shape index (κ2) is 9.57. The van der Waals surface area contributed by atoms with Crippen molar-refractivity contribution in [2.45, 2.75) is 27.3 Å². The predicted octanol–water partition coefficient (Wildman–Crippen LogP) is 3.22. The number of aryl methyl sites for hydroxylation is 1. The lowest BCUT2D eigenvalue weighted by Gasteiger charge is -2.33. The van der Waals surface area contributed by atoms with Gasteiger partial charge in [-0.25, -0.2) is 0 Å². The van der Waals surface area contributed by atoms with E-state index in [9.17, 15) is 9.59 Å². The molecule has 29 heavy (non-hydrogen) atoms. The van der Waals surface area contributed by atoms with Crippen molar-refractivity contribution in [3.8, 4) is 0 Å². The van der Waals surface area contributed by atoms with Gasteiger partial charge in [-0.05, 0) is 39.0 Å². The Labute approximate surface area is 177 Å². The van der Waals surface area contributed by atoms with E-state index in [-0.39, 0.29) is 11.7 Å². The third-order valence-electron chi connectivity index (χ3n) is 5.54. The van der Waals surface area contributed by atoms with E-state index in [4.69, 9.17) is 11.6 Å². The van der Waals surface area contributed by atoms with E-state index in [1.54, 1.807) is 12.1 Å². The van der Waals surface area contributed by atoms with Gasteiger partial charge in [0.05, 0.1) is 23.8 Å². The van der Waals surface area contributed by atoms with E-state index >= 15 is 0 Å². The summed E-state index contributed by atoms with van der Waals surface area (Å²) in [5.41, 5.74) is 3.63. The fraction of sp³-hybridized carbons (Fsp3) is 0.455. The van der Waals surface area contributed by atoms with Crippen molar-refractivity contribution in [1.82, 2.24) is 14.4 Å². The number of Topliss-reactive ketones (excluding diaryl/α,β-unsaturated/α-hetero) is 1. The average molecular weight is 417 g/mol. The number of piperazine rings is 1. The molecule has 1 aromatic carbocycles. The average Bonchev–Trinajstić information content (AvgIpc) is 2.98. The normalized spacial score (nSPS) is 15.4. The fourth-order valence-electron chi connectivity index (χ4n) is 3.92. The SMILES string of the molecule is CCn1c(C)cc(C(=O)CN2CCN(CC(=O)Nc3ccccc3Cl)CC2)c1C. The summed E-state index contributed by atoms with van der Waals surface area (Å²) < 4.78 is 2.17. The van der Waals surface area contributed by atoms with Crippen LogP contribution in [0.1, 0.15) is 28.7 Å². The van der Waals surface area contributed by atoms with Crippen molar-refractivity contribution < 1.29 is 9.59 Å². The summed E-state index contributed by atoms with van der Waals surface area (Å²) in [6.45, 7) is 10.8. The van der Waals surface area contributed by atoms with Crippen LogP contribution in [0.5, 0.6) is 0 Å². The fourth-order valence-corrected chi connectivity index (χ4v) is 4.10. The van der Waals surface area contributed by atoms with Crippen LogP contribution >= 0.6 is 11.6 Å². The zero-order valence-corrected chi connectivity index (χ0v) is 18.1. The number of carbonyl (C=O) groups excluding carboxylic acids is 2. The summed E-state index contributed by atoms with van der Waals surface area (Å²) in [4.78, 5) is 29.3. The monoisotopic (exact) mass is 416 g/mol. The summed E-state index contributed by atoms with van der Waals surface area (Å²) in [5, 5.41) is 3.39. The maximum atomic E-state index is 12.8. The van der Waals surface area contributed by atoms with Crippen LogP contribution in [-0.4, -0.2) is 65.3 Å². The first kappa shape index (κ1) is 21.6. The molecular formula is C22H29ClN4O2. The number of benzene rings is 1. The molecule has 2 heterocycles. The van der Waals surface area contributed by atoms with Gasteiger partial charge in [-0.15, -0.1) is 0 Å². The molecule has 0 spiro atoms. The highest BCUT2D eigenvalue weighted by Gasteiger charge is 2.23. The number of rotatable bonds is 7. The lowest BCUT2D eigenvalue weighted by atomic mass is 10.1. The van der Waals surface area contributed by atoms with Crippen molar-refractivity contribution in [3.05, 3.63) is 52.3 Å². The number of anilines is 1. The smallest absolute Gasteiger partial charge is 0.238 e. The molecule has 0 saturated carbocycles. The molecular weight excluding hydrogens is 388 g/mol. The Morgan fingerprint density at radius 3 is 2.24 bits per heavy atom. The van der Waals surface area contributed by atoms with Crippen LogP contribution < -0.4 is 5.32 Å². The van der Waals surface area contributed by atoms with E-state index in [0.717, 1.165) is 49.7 Å². The molecule has 1 fully saturated rings. The van der Waals surface area contributed by atoms with Gasteiger partial charge in [0.1, 0.15) is 0 Å². The molecule has 1 aliphatic heterocycles. The Hall–Kier alpha value is -2.15. The molecule has 3 rings (SSSR count). The van der Waals surface area contributed by atoms with E-state index in [0.29, 0.717) is 23.8 Å². The Morgan fingerprint density at radius 1 is 1.03 bits per heavy atom. The number of carbonyl (C=O) groups is 2. The number of para-hydroxylation sites is 1. The van der Waals surface area contributed by atoms with Crippen LogP contribution in [0.15, 0.2) is 30.3 Å². The molecule has 1 aliphatic rings. The van der Waals surface area contributed by atoms with Gasteiger partial charge in [0, 0.05) is 49.7 Å². The first-order valence-electron chi connectivity index (χ1n) is 10.1. The summed E-state index contributed by atoms with van der Waals surface area (Å²) >= 11 is 6.09. The zero-order valence-electron chi connectivity index (χ0n) is 17.4. The minimum absolute atomic E-state index is 0.0744. The van der Waals surface area contributed by atoms with Crippen LogP contribution in [0.25, 0.3) is 0 Å². The van der Waals surface area contributed by atoms with E-state index in [2.05, 4.69) is 26.6 Å². The van der Waals surface area contributed by atoms with Gasteiger partial charge in [0.2, 0.25) is 5.91 Å². The summed E-state index contributed by atoms with van der Waals surface area (Å²) in [5.74, 6) is 0.0948. The van der Waals surface area contributed by atoms with Crippen molar-refractivity contribution >= 4 is 29.0 Å². The van der Waals surface area contributed by atoms with Crippen LogP contribution in [0, 0.1) is 13.8 Å². The van der Waals surface area contributed by atoms with Gasteiger partial charge in [0.15, 0.2) is 5.78 Å². The van der Waals surface area contributed by atoms with Gasteiger partial charge in [-0.3, -0.25) is 19.4 Å². The first-order valence-corrected chi connectivity index (χ1v) is 10.5. The second-order valence-electron chi connectivity index (χ2n) is 7.53. The number of hydrogen-bond donors (Lipinski definition) is 1. The number of nitrogens with one attached hydrogen (secondary N) is 1. The minimum Gasteiger partial charge on any atom is -0.349 e. The first-order chi connectivity index (χ1) is 13.9. The van der Waals surface area contributed by atoms with Crippen molar-refractivity contribution in [1.29, 1.82) is 0 Å². The summed E-state index contributed by atoms with van der Waals surface area (Å²) in [6.07, 6.45) is 0. The van der Waals surface area contributed by atoms with Gasteiger partial charge < -0.3 is 9.88 Å². The standard InChI is InChI=1S/C22H29ClN4O2/c1-4-27-16(2)13-18(17(27)3)21(28)14-25-9-11-26(12-10-25)15-22(29)24-20-8-6-5-7-19(20)23/h5-8,13H,4,9-12,14-15H2,1-3H3,(H,24,29). The molecule has 0 aliphatic carbocycles. The van der Waals surface area contributed by atoms with Crippen LogP contribution in [0.3, 0.4) is 0 Å². The van der Waals surface area contributed by atoms with Gasteiger partial charge in [-0.2, -0.15) is 0 Å². The van der Waals surface area contributed by atoms with Gasteiger partial charge >= 0.3 is 0 Å². The number of amides is 1. The molecule has 0 radical (unpaired) electrons. The Kier molecular flexibility index (Phi) is 7.11. The van der Waals surface area contributed by atoms with E-state index in [1.165, 1.54) is 0 Å². The number of nitrogens with zero attached hydrogens (tertiary/aromatic N) is 3. The molecule has 0 atom stereocenters. The lowest BCUT2D eigenvalue weighted by molar-refractivity contribution is -0.117. The quantitative estimate of drug-likeness (QED) is 0.704. The van der Waals surface area contributed by atoms with E-state index in [1.807, 2.05) is 32.0 Å². The van der Waals surface area contributed by atoms with Crippen LogP contribution in [-0.2, 0) is 11.3 Å². The Balaban J connectivity index is 1.47. The van der Waals surface area contributed by atoms with Crippen molar-refractivity contribution in [2.24, 2.45) is 0 Å². The summed E-state index contributed by atoms with van der Waals surface area (Å²) in [6, 6.07) is 9.22. The largest absolute Gasteiger partial charge is 0.349 e. The van der Waals surface area contributed by atoms with Crippen LogP contribution in [0.2, 0.25) is 5.02 Å². The maximum absolute atomic E-state index is 12.8. The van der Waals surface area contributed by atoms with Crippen molar-refractivity contribution in [2.75, 3.05) is 44.6 Å². The van der Waals surface area contributed by atoms with E-state index < -0.39 is 0 Å². The molecule has 7 heteroatoms. The predicted molar refractivity (Wildman–Crippen MR) is 117 cm³/mol. The van der Waals surface area contributed by atoms with Gasteiger partial charge in [0.25, 0.3) is 0 Å². The molecule has 1 amide bonds. The lowest BCUT2D eigenvalue weighted by Crippen LogP contribution is -2.49. The van der Waals surface area contributed by atoms with Crippen LogP contribution in [0.4, 0.5) is 5.69 Å². The third-order valence-corrected chi connectivity index (χ3v) is 5.87. The molecule has 1 aromatic heterocycles. The molecule has 1 saturated heterocycles. The third kappa shape index (κ3) is 5.26. The molecule has 6 nitrogen and oxygen atoms in total. The number of aromatic nitrogens is 1. The highest BCUT2D eigenvalue weighted by Crippen LogP contribution is 2.20. The maximum Gasteiger partial charge on any atom is 0.238 e. The highest BCUT2D eigenvalue weighted by molar-refractivity contribution is 6.33. The molecule has 0 unspecified atom stereocenters. The Bertz CT molecular complexity index is 885. The minimum atomic E-state index is -0.0744. The molecule has 0 bridgehead atoms. The highest BCUT2D eigenvalue weighted by atomic mass is 35.5. The zero-order chi connectivity index (χ0) is 21.0. The molecule has 2 aromatic rings. The Morgan fingerprint density at radius 2 is 1.66 bits per heavy atom.